The molecule has 5 rings (SSSR count). The standard InChI is InChI=1S/C34H41N7O6/c1-23(2)31-33(44)36-13-6-15-39-18-14-35-32(39)24-10-11-27(46-3)28(20-24)47-19-7-16-40(21-29(42)38-31)30(43)12-17-41-22-37-26-9-5-4-8-25(26)34(41)45/h4-5,8-11,14,18,20,22-23,31H,6-7,12-13,15-17,19,21H2,1-3H3,(H,36,44)(H,38,42)/t31-/m1/s1. The number of rotatable bonds is 5. The highest BCUT2D eigenvalue weighted by molar-refractivity contribution is 5.90. The fourth-order valence-electron chi connectivity index (χ4n) is 5.55. The van der Waals surface area contributed by atoms with Crippen molar-refractivity contribution < 1.29 is 23.9 Å². The Morgan fingerprint density at radius 3 is 2.72 bits per heavy atom. The molecule has 0 unspecified atom stereocenters. The molecule has 13 nitrogen and oxygen atoms in total. The maximum Gasteiger partial charge on any atom is 0.261 e. The highest BCUT2D eigenvalue weighted by Crippen LogP contribution is 2.32. The summed E-state index contributed by atoms with van der Waals surface area (Å²) in [5, 5.41) is 6.23. The molecule has 0 spiro atoms. The molecule has 1 aliphatic rings. The zero-order chi connectivity index (χ0) is 33.3. The minimum absolute atomic E-state index is 0.0231. The second kappa shape index (κ2) is 15.4. The number of methoxy groups -OCH3 is 1. The Bertz CT molecular complexity index is 1780. The van der Waals surface area contributed by atoms with Crippen LogP contribution in [0.2, 0.25) is 0 Å². The number of nitrogens with zero attached hydrogens (tertiary/aromatic N) is 5. The first-order valence-corrected chi connectivity index (χ1v) is 15.9. The average molecular weight is 644 g/mol. The first-order valence-electron chi connectivity index (χ1n) is 15.9. The van der Waals surface area contributed by atoms with Gasteiger partial charge >= 0.3 is 0 Å². The lowest BCUT2D eigenvalue weighted by molar-refractivity contribution is -0.137. The van der Waals surface area contributed by atoms with Crippen molar-refractivity contribution in [3.05, 3.63) is 71.5 Å². The Labute approximate surface area is 272 Å². The van der Waals surface area contributed by atoms with E-state index in [0.717, 1.165) is 11.4 Å². The zero-order valence-corrected chi connectivity index (χ0v) is 27.0. The quantitative estimate of drug-likeness (QED) is 0.337. The van der Waals surface area contributed by atoms with Gasteiger partial charge in [0.1, 0.15) is 11.9 Å². The number of amides is 3. The molecule has 13 heteroatoms. The minimum Gasteiger partial charge on any atom is -0.493 e. The molecule has 1 atom stereocenters. The lowest BCUT2D eigenvalue weighted by atomic mass is 10.0. The van der Waals surface area contributed by atoms with Gasteiger partial charge in [0.15, 0.2) is 11.5 Å². The monoisotopic (exact) mass is 643 g/mol. The van der Waals surface area contributed by atoms with Gasteiger partial charge in [-0.1, -0.05) is 26.0 Å². The highest BCUT2D eigenvalue weighted by Gasteiger charge is 2.26. The average Bonchev–Trinajstić information content (AvgIpc) is 3.54. The molecule has 2 aromatic carbocycles. The van der Waals surface area contributed by atoms with Crippen molar-refractivity contribution in [2.75, 3.05) is 33.4 Å². The van der Waals surface area contributed by atoms with Crippen LogP contribution in [0.25, 0.3) is 22.3 Å². The maximum absolute atomic E-state index is 13.5. The van der Waals surface area contributed by atoms with Gasteiger partial charge in [-0.25, -0.2) is 9.97 Å². The molecule has 4 aromatic rings. The first-order chi connectivity index (χ1) is 22.7. The molecular weight excluding hydrogens is 602 g/mol. The third kappa shape index (κ3) is 8.15. The summed E-state index contributed by atoms with van der Waals surface area (Å²) >= 11 is 0. The number of ether oxygens (including phenoxy) is 2. The van der Waals surface area contributed by atoms with Crippen LogP contribution in [0.3, 0.4) is 0 Å². The number of aromatic nitrogens is 4. The summed E-state index contributed by atoms with van der Waals surface area (Å²) in [6, 6.07) is 11.9. The highest BCUT2D eigenvalue weighted by atomic mass is 16.5. The smallest absolute Gasteiger partial charge is 0.261 e. The Morgan fingerprint density at radius 2 is 1.91 bits per heavy atom. The van der Waals surface area contributed by atoms with E-state index in [1.54, 1.807) is 37.6 Å². The van der Waals surface area contributed by atoms with Crippen molar-refractivity contribution in [3.63, 3.8) is 0 Å². The Kier molecular flexibility index (Phi) is 10.9. The Balaban J connectivity index is 1.36. The van der Waals surface area contributed by atoms with Crippen LogP contribution < -0.4 is 25.7 Å². The number of fused-ring (bicyclic) bond motifs is 5. The van der Waals surface area contributed by atoms with Crippen LogP contribution in [-0.4, -0.2) is 81.1 Å². The molecule has 3 heterocycles. The topological polar surface area (TPSA) is 150 Å². The van der Waals surface area contributed by atoms with Gasteiger partial charge in [0.25, 0.3) is 5.56 Å². The predicted molar refractivity (Wildman–Crippen MR) is 176 cm³/mol. The van der Waals surface area contributed by atoms with Crippen LogP contribution in [0.1, 0.15) is 33.1 Å². The van der Waals surface area contributed by atoms with E-state index in [1.807, 2.05) is 42.8 Å². The summed E-state index contributed by atoms with van der Waals surface area (Å²) in [4.78, 5) is 63.2. The largest absolute Gasteiger partial charge is 0.493 e. The molecule has 0 saturated heterocycles. The number of aryl methyl sites for hydroxylation is 2. The third-order valence-electron chi connectivity index (χ3n) is 8.09. The van der Waals surface area contributed by atoms with E-state index in [9.17, 15) is 19.2 Å². The number of benzene rings is 2. The van der Waals surface area contributed by atoms with Gasteiger partial charge in [-0.05, 0) is 49.1 Å². The van der Waals surface area contributed by atoms with Crippen molar-refractivity contribution in [3.8, 4) is 22.9 Å². The summed E-state index contributed by atoms with van der Waals surface area (Å²) in [5.41, 5.74) is 1.18. The van der Waals surface area contributed by atoms with E-state index < -0.39 is 11.9 Å². The van der Waals surface area contributed by atoms with Gasteiger partial charge in [-0.3, -0.25) is 23.7 Å². The zero-order valence-electron chi connectivity index (χ0n) is 27.0. The maximum atomic E-state index is 13.5. The number of imidazole rings is 1. The molecule has 47 heavy (non-hydrogen) atoms. The van der Waals surface area contributed by atoms with Gasteiger partial charge in [0.05, 0.1) is 37.5 Å². The van der Waals surface area contributed by atoms with Crippen LogP contribution in [0.15, 0.2) is 66.0 Å². The lowest BCUT2D eigenvalue weighted by Crippen LogP contribution is -2.52. The summed E-state index contributed by atoms with van der Waals surface area (Å²) in [6.07, 6.45) is 6.08. The van der Waals surface area contributed by atoms with Crippen LogP contribution in [0.4, 0.5) is 0 Å². The van der Waals surface area contributed by atoms with Crippen molar-refractivity contribution in [2.45, 2.75) is 52.2 Å². The molecule has 1 aliphatic heterocycles. The summed E-state index contributed by atoms with van der Waals surface area (Å²) < 4.78 is 15.1. The normalized spacial score (nSPS) is 16.7. The van der Waals surface area contributed by atoms with E-state index in [0.29, 0.717) is 48.3 Å². The number of para-hydroxylation sites is 1. The van der Waals surface area contributed by atoms with Gasteiger partial charge in [0, 0.05) is 50.6 Å². The number of hydrogen-bond donors (Lipinski definition) is 2. The Hall–Kier alpha value is -5.20. The number of carbonyl (C=O) groups is 3. The van der Waals surface area contributed by atoms with E-state index in [-0.39, 0.29) is 56.0 Å². The molecule has 2 N–H and O–H groups in total. The number of carbonyl (C=O) groups excluding carboxylic acids is 3. The van der Waals surface area contributed by atoms with E-state index >= 15 is 0 Å². The third-order valence-corrected chi connectivity index (χ3v) is 8.09. The number of nitrogens with one attached hydrogen (secondary N) is 2. The molecule has 3 amide bonds. The molecule has 0 fully saturated rings. The molecule has 2 aromatic heterocycles. The summed E-state index contributed by atoms with van der Waals surface area (Å²) in [6.45, 7) is 5.04. The molecular formula is C34H41N7O6. The predicted octanol–water partition coefficient (Wildman–Crippen LogP) is 2.62. The van der Waals surface area contributed by atoms with Crippen LogP contribution in [0, 0.1) is 5.92 Å². The van der Waals surface area contributed by atoms with E-state index in [4.69, 9.17) is 9.47 Å². The molecule has 0 radical (unpaired) electrons. The number of hydrogen-bond acceptors (Lipinski definition) is 8. The fourth-order valence-corrected chi connectivity index (χ4v) is 5.55. The molecule has 0 saturated carbocycles. The molecule has 248 valence electrons. The second-order valence-electron chi connectivity index (χ2n) is 11.8. The first kappa shape index (κ1) is 33.2. The minimum atomic E-state index is -0.773. The molecule has 0 aliphatic carbocycles. The van der Waals surface area contributed by atoms with Gasteiger partial charge < -0.3 is 29.6 Å². The van der Waals surface area contributed by atoms with Crippen molar-refractivity contribution >= 4 is 28.6 Å². The fraction of sp³-hybridized carbons (Fsp3) is 0.412. The van der Waals surface area contributed by atoms with Gasteiger partial charge in [-0.2, -0.15) is 0 Å². The van der Waals surface area contributed by atoms with Gasteiger partial charge in [-0.15, -0.1) is 0 Å². The lowest BCUT2D eigenvalue weighted by Gasteiger charge is -2.26. The van der Waals surface area contributed by atoms with Crippen LogP contribution >= 0.6 is 0 Å². The molecule has 2 bridgehead atoms. The summed E-state index contributed by atoms with van der Waals surface area (Å²) in [7, 11) is 1.57. The van der Waals surface area contributed by atoms with Gasteiger partial charge in [0.2, 0.25) is 17.7 Å². The second-order valence-corrected chi connectivity index (χ2v) is 11.8. The Morgan fingerprint density at radius 1 is 1.09 bits per heavy atom. The van der Waals surface area contributed by atoms with Crippen molar-refractivity contribution in [2.24, 2.45) is 5.92 Å². The van der Waals surface area contributed by atoms with Crippen LogP contribution in [-0.2, 0) is 27.5 Å². The van der Waals surface area contributed by atoms with Crippen molar-refractivity contribution in [1.82, 2.24) is 34.6 Å². The SMILES string of the molecule is COc1ccc2cc1OCCCN(C(=O)CCn1cnc3ccccc3c1=O)CC(=O)N[C@H](C(C)C)C(=O)NCCCn1ccnc1-2. The van der Waals surface area contributed by atoms with Crippen molar-refractivity contribution in [1.29, 1.82) is 0 Å². The van der Waals surface area contributed by atoms with Crippen LogP contribution in [0.5, 0.6) is 11.5 Å². The van der Waals surface area contributed by atoms with E-state index in [2.05, 4.69) is 20.6 Å². The summed E-state index contributed by atoms with van der Waals surface area (Å²) in [5.74, 6) is 0.610. The van der Waals surface area contributed by atoms with E-state index in [1.165, 1.54) is 15.8 Å².